The van der Waals surface area contributed by atoms with Gasteiger partial charge in [0.25, 0.3) is 5.91 Å². The van der Waals surface area contributed by atoms with Gasteiger partial charge < -0.3 is 15.7 Å². The number of nitrogens with zero attached hydrogens (tertiary/aromatic N) is 8. The third kappa shape index (κ3) is 5.41. The average Bonchev–Trinajstić information content (AvgIpc) is 3.61. The lowest BCUT2D eigenvalue weighted by atomic mass is 10.0. The number of benzene rings is 1. The van der Waals surface area contributed by atoms with Gasteiger partial charge in [0.05, 0.1) is 57.7 Å². The number of carbonyl (C=O) groups excluding carboxylic acids is 1. The summed E-state index contributed by atoms with van der Waals surface area (Å²) < 4.78 is 15.9. The van der Waals surface area contributed by atoms with Crippen LogP contribution in [-0.4, -0.2) is 64.1 Å². The zero-order valence-electron chi connectivity index (χ0n) is 20.9. The Morgan fingerprint density at radius 3 is 2.64 bits per heavy atom. The Kier molecular flexibility index (Phi) is 6.70. The van der Waals surface area contributed by atoms with Crippen molar-refractivity contribution in [3.63, 3.8) is 0 Å². The molecule has 0 unspecified atom stereocenters. The molecule has 0 fully saturated rings. The van der Waals surface area contributed by atoms with E-state index >= 15 is 0 Å². The smallest absolute Gasteiger partial charge is 0.255 e. The van der Waals surface area contributed by atoms with Gasteiger partial charge in [-0.15, -0.1) is 15.0 Å². The van der Waals surface area contributed by atoms with Crippen LogP contribution < -0.4 is 10.6 Å². The first-order valence-corrected chi connectivity index (χ1v) is 11.9. The first kappa shape index (κ1) is 25.4. The van der Waals surface area contributed by atoms with Gasteiger partial charge in [0.2, 0.25) is 0 Å². The number of nitrogens with one attached hydrogen (secondary N) is 2. The second-order valence-electron chi connectivity index (χ2n) is 9.25. The maximum absolute atomic E-state index is 14.3. The maximum atomic E-state index is 14.3. The van der Waals surface area contributed by atoms with Gasteiger partial charge in [0.15, 0.2) is 6.33 Å². The van der Waals surface area contributed by atoms with Crippen LogP contribution in [-0.2, 0) is 0 Å². The summed E-state index contributed by atoms with van der Waals surface area (Å²) in [6.45, 7) is 2.29. The van der Waals surface area contributed by atoms with Gasteiger partial charge in [-0.25, -0.2) is 8.91 Å². The van der Waals surface area contributed by atoms with Gasteiger partial charge in [-0.2, -0.15) is 10.4 Å². The van der Waals surface area contributed by atoms with E-state index in [9.17, 15) is 14.3 Å². The highest BCUT2D eigenvalue weighted by Gasteiger charge is 2.27. The van der Waals surface area contributed by atoms with Crippen LogP contribution in [0.15, 0.2) is 67.3 Å². The minimum atomic E-state index is -1.67. The minimum absolute atomic E-state index is 0.171. The molecule has 5 aromatic rings. The van der Waals surface area contributed by atoms with Crippen molar-refractivity contribution in [2.24, 2.45) is 0 Å². The zero-order chi connectivity index (χ0) is 27.6. The number of hydrogen-bond donors (Lipinski definition) is 3. The fourth-order valence-electron chi connectivity index (χ4n) is 3.78. The second kappa shape index (κ2) is 10.3. The largest absolute Gasteiger partial charge is 0.387 e. The van der Waals surface area contributed by atoms with Crippen molar-refractivity contribution in [2.45, 2.75) is 25.6 Å². The van der Waals surface area contributed by atoms with Gasteiger partial charge in [0, 0.05) is 11.9 Å². The topological polar surface area (TPSA) is 159 Å². The molecule has 12 nitrogen and oxygen atoms in total. The number of halogens is 1. The van der Waals surface area contributed by atoms with Gasteiger partial charge in [0.1, 0.15) is 12.2 Å². The zero-order valence-corrected chi connectivity index (χ0v) is 20.9. The van der Waals surface area contributed by atoms with E-state index < -0.39 is 17.7 Å². The van der Waals surface area contributed by atoms with Crippen LogP contribution in [0.25, 0.3) is 22.6 Å². The summed E-state index contributed by atoms with van der Waals surface area (Å²) in [7, 11) is 0. The molecule has 3 N–H and O–H groups in total. The molecule has 13 heteroatoms. The van der Waals surface area contributed by atoms with E-state index in [-0.39, 0.29) is 12.1 Å². The Hall–Kier alpha value is -5.22. The lowest BCUT2D eigenvalue weighted by Gasteiger charge is -2.22. The maximum Gasteiger partial charge on any atom is 0.255 e. The highest BCUT2D eigenvalue weighted by atomic mass is 19.1. The van der Waals surface area contributed by atoms with Gasteiger partial charge in [-0.1, -0.05) is 0 Å². The van der Waals surface area contributed by atoms with Crippen molar-refractivity contribution in [1.29, 1.82) is 5.26 Å². The van der Waals surface area contributed by atoms with Crippen LogP contribution in [0.4, 0.5) is 15.8 Å². The number of pyridine rings is 1. The molecule has 1 atom stereocenters. The minimum Gasteiger partial charge on any atom is -0.387 e. The predicted octanol–water partition coefficient (Wildman–Crippen LogP) is 2.83. The first-order valence-electron chi connectivity index (χ1n) is 11.9. The van der Waals surface area contributed by atoms with Gasteiger partial charge in [-0.05, 0) is 67.6 Å². The number of aromatic nitrogens is 7. The third-order valence-electron chi connectivity index (χ3n) is 5.98. The number of rotatable bonds is 8. The van der Waals surface area contributed by atoms with Crippen LogP contribution in [0.3, 0.4) is 0 Å². The van der Waals surface area contributed by atoms with Crippen LogP contribution in [0, 0.1) is 11.3 Å². The number of amides is 1. The summed E-state index contributed by atoms with van der Waals surface area (Å²) in [5.74, 6) is -0.566. The van der Waals surface area contributed by atoms with Gasteiger partial charge in [-0.3, -0.25) is 9.78 Å². The summed E-state index contributed by atoms with van der Waals surface area (Å²) >= 11 is 0. The van der Waals surface area contributed by atoms with Crippen LogP contribution in [0.2, 0.25) is 0 Å². The molecule has 196 valence electrons. The monoisotopic (exact) mass is 526 g/mol. The molecule has 0 bridgehead atoms. The number of hydrogen-bond acceptors (Lipinski definition) is 9. The average molecular weight is 527 g/mol. The molecule has 0 saturated carbocycles. The van der Waals surface area contributed by atoms with Crippen molar-refractivity contribution >= 4 is 22.8 Å². The molecule has 5 rings (SSSR count). The second-order valence-corrected chi connectivity index (χ2v) is 9.25. The molecule has 1 amide bonds. The van der Waals surface area contributed by atoms with E-state index in [1.54, 1.807) is 40.9 Å². The standard InChI is InChI=1S/C26H23FN10O2/c1-26(2,39)24(27)14-30-25(38)20-13-29-22(23-8-7-19-9-16(11-28)12-32-36(19)23)10-21(20)34-17-3-5-18(6-4-17)37-33-15-31-35-37/h3-10,12-13,15,24,39H,14H2,1-2H3,(H,29,34)(H,30,38)/t24-/m1/s1. The Labute approximate surface area is 221 Å². The van der Waals surface area contributed by atoms with Crippen molar-refractivity contribution in [3.8, 4) is 23.1 Å². The molecular formula is C26H23FN10O2. The van der Waals surface area contributed by atoms with Crippen molar-refractivity contribution in [3.05, 3.63) is 78.4 Å². The SMILES string of the molecule is CC(C)(O)[C@H](F)CNC(=O)c1cnc(-c2ccc3cc(C#N)cnn23)cc1Nc1ccc(-n2ncnn2)cc1. The number of fused-ring (bicyclic) bond motifs is 1. The summed E-state index contributed by atoms with van der Waals surface area (Å²) in [6, 6.07) is 16.2. The number of anilines is 2. The Bertz CT molecular complexity index is 1670. The highest BCUT2D eigenvalue weighted by molar-refractivity contribution is 6.00. The molecule has 39 heavy (non-hydrogen) atoms. The summed E-state index contributed by atoms with van der Waals surface area (Å²) in [4.78, 5) is 18.9. The molecule has 0 spiro atoms. The molecule has 0 aliphatic carbocycles. The van der Waals surface area contributed by atoms with E-state index in [0.717, 1.165) is 0 Å². The summed E-state index contributed by atoms with van der Waals surface area (Å²) in [6.07, 6.45) is 2.51. The number of alkyl halides is 1. The van der Waals surface area contributed by atoms with E-state index in [1.165, 1.54) is 37.4 Å². The number of tetrazole rings is 1. The molecule has 1 aromatic carbocycles. The van der Waals surface area contributed by atoms with Gasteiger partial charge >= 0.3 is 0 Å². The molecule has 0 aliphatic rings. The fraction of sp³-hybridized carbons (Fsp3) is 0.192. The number of carbonyl (C=O) groups is 1. The Balaban J connectivity index is 1.49. The van der Waals surface area contributed by atoms with Crippen molar-refractivity contribution in [1.82, 2.24) is 40.1 Å². The van der Waals surface area contributed by atoms with Crippen LogP contribution in [0.5, 0.6) is 0 Å². The van der Waals surface area contributed by atoms with Crippen molar-refractivity contribution in [2.75, 3.05) is 11.9 Å². The molecule has 0 aliphatic heterocycles. The first-order chi connectivity index (χ1) is 18.7. The molecular weight excluding hydrogens is 503 g/mol. The number of aliphatic hydroxyl groups is 1. The van der Waals surface area contributed by atoms with Crippen LogP contribution in [0.1, 0.15) is 29.8 Å². The molecule has 0 saturated heterocycles. The predicted molar refractivity (Wildman–Crippen MR) is 139 cm³/mol. The third-order valence-corrected chi connectivity index (χ3v) is 5.98. The number of nitriles is 1. The fourth-order valence-corrected chi connectivity index (χ4v) is 3.78. The lowest BCUT2D eigenvalue weighted by molar-refractivity contribution is -0.00177. The summed E-state index contributed by atoms with van der Waals surface area (Å²) in [5.41, 5.74) is 2.60. The van der Waals surface area contributed by atoms with Crippen LogP contribution >= 0.6 is 0 Å². The van der Waals surface area contributed by atoms with Crippen molar-refractivity contribution < 1.29 is 14.3 Å². The molecule has 4 aromatic heterocycles. The Morgan fingerprint density at radius 1 is 1.15 bits per heavy atom. The highest BCUT2D eigenvalue weighted by Crippen LogP contribution is 2.28. The normalized spacial score (nSPS) is 12.2. The summed E-state index contributed by atoms with van der Waals surface area (Å²) in [5, 5.41) is 40.7. The molecule has 4 heterocycles. The van der Waals surface area contributed by atoms with E-state index in [0.29, 0.717) is 39.5 Å². The lowest BCUT2D eigenvalue weighted by Crippen LogP contribution is -2.42. The van der Waals surface area contributed by atoms with E-state index in [4.69, 9.17) is 5.26 Å². The Morgan fingerprint density at radius 2 is 1.95 bits per heavy atom. The van der Waals surface area contributed by atoms with E-state index in [2.05, 4.69) is 42.2 Å². The quantitative estimate of drug-likeness (QED) is 0.276. The molecule has 0 radical (unpaired) electrons. The van der Waals surface area contributed by atoms with E-state index in [1.807, 2.05) is 12.1 Å².